The summed E-state index contributed by atoms with van der Waals surface area (Å²) >= 11 is 0. The number of nitrogens with one attached hydrogen (secondary N) is 1. The number of fused-ring (bicyclic) bond motifs is 1. The van der Waals surface area contributed by atoms with Crippen molar-refractivity contribution >= 4 is 0 Å². The van der Waals surface area contributed by atoms with Gasteiger partial charge >= 0.3 is 0 Å². The molecule has 21 heavy (non-hydrogen) atoms. The van der Waals surface area contributed by atoms with Crippen LogP contribution < -0.4 is 10.1 Å². The minimum Gasteiger partial charge on any atom is -0.493 e. The fourth-order valence-corrected chi connectivity index (χ4v) is 3.17. The smallest absolute Gasteiger partial charge is 0.122 e. The molecule has 3 nitrogen and oxygen atoms in total. The molecule has 2 rings (SSSR count). The second kappa shape index (κ2) is 8.40. The first-order valence-electron chi connectivity index (χ1n) is 8.29. The average Bonchev–Trinajstić information content (AvgIpc) is 2.97. The van der Waals surface area contributed by atoms with Crippen molar-refractivity contribution in [1.29, 1.82) is 0 Å². The molecule has 1 aliphatic rings. The van der Waals surface area contributed by atoms with Crippen molar-refractivity contribution in [2.45, 2.75) is 58.1 Å². The molecule has 1 aromatic carbocycles. The highest BCUT2D eigenvalue weighted by Crippen LogP contribution is 2.26. The molecule has 0 radical (unpaired) electrons. The standard InChI is InChI=1S/C18H29NO2/c1-4-6-18(20-3)16(19-5-2)9-7-14-8-10-17-15(13-14)11-12-21-17/h8,10,13,16,18-19H,4-7,9,11-12H2,1-3H3. The molecule has 2 unspecified atom stereocenters. The number of likely N-dealkylation sites (N-methyl/N-ethyl adjacent to an activating group) is 1. The van der Waals surface area contributed by atoms with Crippen molar-refractivity contribution < 1.29 is 9.47 Å². The summed E-state index contributed by atoms with van der Waals surface area (Å²) in [7, 11) is 1.83. The third-order valence-corrected chi connectivity index (χ3v) is 4.29. The predicted octanol–water partition coefficient (Wildman–Crippen LogP) is 3.35. The molecule has 1 N–H and O–H groups in total. The zero-order chi connectivity index (χ0) is 15.1. The first-order chi connectivity index (χ1) is 10.3. The summed E-state index contributed by atoms with van der Waals surface area (Å²) in [5, 5.41) is 3.59. The van der Waals surface area contributed by atoms with E-state index in [-0.39, 0.29) is 0 Å². The van der Waals surface area contributed by atoms with E-state index in [1.54, 1.807) is 0 Å². The van der Waals surface area contributed by atoms with Crippen molar-refractivity contribution in [3.05, 3.63) is 29.3 Å². The number of hydrogen-bond donors (Lipinski definition) is 1. The van der Waals surface area contributed by atoms with Gasteiger partial charge in [0, 0.05) is 19.6 Å². The fraction of sp³-hybridized carbons (Fsp3) is 0.667. The first-order valence-corrected chi connectivity index (χ1v) is 8.29. The van der Waals surface area contributed by atoms with Crippen molar-refractivity contribution in [1.82, 2.24) is 5.32 Å². The van der Waals surface area contributed by atoms with E-state index in [9.17, 15) is 0 Å². The normalized spacial score (nSPS) is 16.3. The summed E-state index contributed by atoms with van der Waals surface area (Å²) in [6.07, 6.45) is 5.85. The number of hydrogen-bond acceptors (Lipinski definition) is 3. The van der Waals surface area contributed by atoms with Crippen molar-refractivity contribution in [2.24, 2.45) is 0 Å². The second-order valence-corrected chi connectivity index (χ2v) is 5.81. The van der Waals surface area contributed by atoms with Crippen molar-refractivity contribution in [3.8, 4) is 5.75 Å². The minimum absolute atomic E-state index is 0.313. The molecule has 0 saturated heterocycles. The maximum atomic E-state index is 5.69. The Morgan fingerprint density at radius 2 is 2.14 bits per heavy atom. The minimum atomic E-state index is 0.313. The Kier molecular flexibility index (Phi) is 6.52. The Labute approximate surface area is 129 Å². The zero-order valence-corrected chi connectivity index (χ0v) is 13.7. The lowest BCUT2D eigenvalue weighted by Crippen LogP contribution is -2.41. The van der Waals surface area contributed by atoms with Gasteiger partial charge in [0.2, 0.25) is 0 Å². The number of methoxy groups -OCH3 is 1. The molecule has 1 heterocycles. The summed E-state index contributed by atoms with van der Waals surface area (Å²) < 4.78 is 11.3. The van der Waals surface area contributed by atoms with Gasteiger partial charge in [-0.1, -0.05) is 32.4 Å². The second-order valence-electron chi connectivity index (χ2n) is 5.81. The van der Waals surface area contributed by atoms with E-state index >= 15 is 0 Å². The van der Waals surface area contributed by atoms with Crippen LogP contribution in [0.1, 0.15) is 44.2 Å². The lowest BCUT2D eigenvalue weighted by atomic mass is 9.97. The van der Waals surface area contributed by atoms with Crippen molar-refractivity contribution in [3.63, 3.8) is 0 Å². The predicted molar refractivity (Wildman–Crippen MR) is 87.1 cm³/mol. The number of aryl methyl sites for hydroxylation is 1. The highest BCUT2D eigenvalue weighted by atomic mass is 16.5. The number of rotatable bonds is 9. The lowest BCUT2D eigenvalue weighted by molar-refractivity contribution is 0.0587. The van der Waals surface area contributed by atoms with E-state index in [0.717, 1.165) is 51.0 Å². The van der Waals surface area contributed by atoms with Gasteiger partial charge < -0.3 is 14.8 Å². The van der Waals surface area contributed by atoms with Crippen LogP contribution in [0, 0.1) is 0 Å². The van der Waals surface area contributed by atoms with Gasteiger partial charge in [-0.05, 0) is 43.0 Å². The lowest BCUT2D eigenvalue weighted by Gasteiger charge is -2.26. The van der Waals surface area contributed by atoms with Gasteiger partial charge in [-0.2, -0.15) is 0 Å². The largest absolute Gasteiger partial charge is 0.493 e. The van der Waals surface area contributed by atoms with Gasteiger partial charge in [0.25, 0.3) is 0 Å². The summed E-state index contributed by atoms with van der Waals surface area (Å²) in [5.41, 5.74) is 2.78. The molecule has 118 valence electrons. The first kappa shape index (κ1) is 16.3. The van der Waals surface area contributed by atoms with E-state index in [1.165, 1.54) is 11.1 Å². The monoisotopic (exact) mass is 291 g/mol. The van der Waals surface area contributed by atoms with Gasteiger partial charge in [0.1, 0.15) is 5.75 Å². The van der Waals surface area contributed by atoms with E-state index in [1.807, 2.05) is 7.11 Å². The molecular weight excluding hydrogens is 262 g/mol. The van der Waals surface area contributed by atoms with E-state index in [2.05, 4.69) is 37.4 Å². The van der Waals surface area contributed by atoms with Crippen LogP contribution in [-0.2, 0) is 17.6 Å². The van der Waals surface area contributed by atoms with Crippen molar-refractivity contribution in [2.75, 3.05) is 20.3 Å². The van der Waals surface area contributed by atoms with Gasteiger partial charge in [-0.25, -0.2) is 0 Å². The molecule has 3 heteroatoms. The van der Waals surface area contributed by atoms with Crippen LogP contribution in [0.25, 0.3) is 0 Å². The van der Waals surface area contributed by atoms with E-state index in [4.69, 9.17) is 9.47 Å². The molecule has 0 saturated carbocycles. The average molecular weight is 291 g/mol. The molecule has 1 aliphatic heterocycles. The Hall–Kier alpha value is -1.06. The van der Waals surface area contributed by atoms with Crippen LogP contribution in [0.5, 0.6) is 5.75 Å². The number of ether oxygens (including phenoxy) is 2. The van der Waals surface area contributed by atoms with Gasteiger partial charge in [0.05, 0.1) is 12.7 Å². The fourth-order valence-electron chi connectivity index (χ4n) is 3.17. The molecule has 0 aromatic heterocycles. The maximum absolute atomic E-state index is 5.69. The topological polar surface area (TPSA) is 30.5 Å². The molecule has 0 amide bonds. The third-order valence-electron chi connectivity index (χ3n) is 4.29. The highest BCUT2D eigenvalue weighted by Gasteiger charge is 2.20. The van der Waals surface area contributed by atoms with Crippen LogP contribution in [0.15, 0.2) is 18.2 Å². The Morgan fingerprint density at radius 3 is 2.86 bits per heavy atom. The van der Waals surface area contributed by atoms with E-state index < -0.39 is 0 Å². The Bertz CT molecular complexity index is 433. The maximum Gasteiger partial charge on any atom is 0.122 e. The summed E-state index contributed by atoms with van der Waals surface area (Å²) in [4.78, 5) is 0. The van der Waals surface area contributed by atoms with Crippen LogP contribution >= 0.6 is 0 Å². The molecular formula is C18H29NO2. The molecule has 1 aromatic rings. The van der Waals surface area contributed by atoms with Crippen LogP contribution in [0.3, 0.4) is 0 Å². The molecule has 0 fully saturated rings. The highest BCUT2D eigenvalue weighted by molar-refractivity contribution is 5.39. The zero-order valence-electron chi connectivity index (χ0n) is 13.7. The van der Waals surface area contributed by atoms with Crippen LogP contribution in [-0.4, -0.2) is 32.4 Å². The summed E-state index contributed by atoms with van der Waals surface area (Å²) in [6.45, 7) is 6.21. The third kappa shape index (κ3) is 4.45. The number of benzene rings is 1. The Balaban J connectivity index is 1.94. The molecule has 0 spiro atoms. The van der Waals surface area contributed by atoms with Gasteiger partial charge in [-0.15, -0.1) is 0 Å². The molecule has 0 aliphatic carbocycles. The quantitative estimate of drug-likeness (QED) is 0.757. The molecule has 2 atom stereocenters. The SMILES string of the molecule is CCCC(OC)C(CCc1ccc2c(c1)CCO2)NCC. The van der Waals surface area contributed by atoms with Gasteiger partial charge in [0.15, 0.2) is 0 Å². The summed E-state index contributed by atoms with van der Waals surface area (Å²) in [6, 6.07) is 7.08. The van der Waals surface area contributed by atoms with Gasteiger partial charge in [-0.3, -0.25) is 0 Å². The van der Waals surface area contributed by atoms with Crippen LogP contribution in [0.4, 0.5) is 0 Å². The van der Waals surface area contributed by atoms with Crippen LogP contribution in [0.2, 0.25) is 0 Å². The Morgan fingerprint density at radius 1 is 1.29 bits per heavy atom. The molecule has 0 bridgehead atoms. The van der Waals surface area contributed by atoms with E-state index in [0.29, 0.717) is 12.1 Å². The summed E-state index contributed by atoms with van der Waals surface area (Å²) in [5.74, 6) is 1.07.